The molecule has 0 heterocycles. The maximum absolute atomic E-state index is 12.8. The summed E-state index contributed by atoms with van der Waals surface area (Å²) in [5.41, 5.74) is 5.83. The molecular formula is C10H13FNO6P. The lowest BCUT2D eigenvalue weighted by molar-refractivity contribution is -0.137. The molecule has 106 valence electrons. The Bertz CT molecular complexity index is 517. The molecule has 0 bridgehead atoms. The quantitative estimate of drug-likeness (QED) is 0.578. The number of carbonyl (C=O) groups is 1. The van der Waals surface area contributed by atoms with Crippen LogP contribution in [0.25, 0.3) is 0 Å². The van der Waals surface area contributed by atoms with Crippen LogP contribution in [0.3, 0.4) is 0 Å². The Balaban J connectivity index is 3.01. The summed E-state index contributed by atoms with van der Waals surface area (Å²) in [6.45, 7) is -1.02. The maximum atomic E-state index is 12.8. The highest BCUT2D eigenvalue weighted by molar-refractivity contribution is 7.46. The smallest absolute Gasteiger partial charge is 0.481 e. The average molecular weight is 293 g/mol. The minimum absolute atomic E-state index is 0.110. The van der Waals surface area contributed by atoms with Crippen LogP contribution in [-0.2, 0) is 16.0 Å². The number of halogens is 1. The SMILES string of the molecule is NC(CC(=O)O)c1ccc(OP(=O)(O)O)c(CF)c1. The lowest BCUT2D eigenvalue weighted by Crippen LogP contribution is -2.15. The van der Waals surface area contributed by atoms with Crippen molar-refractivity contribution in [1.82, 2.24) is 0 Å². The second-order valence-corrected chi connectivity index (χ2v) is 4.95. The highest BCUT2D eigenvalue weighted by atomic mass is 31.2. The Hall–Kier alpha value is -1.47. The van der Waals surface area contributed by atoms with Crippen LogP contribution < -0.4 is 10.3 Å². The van der Waals surface area contributed by atoms with Crippen LogP contribution in [0.5, 0.6) is 5.75 Å². The van der Waals surface area contributed by atoms with Crippen LogP contribution in [0.2, 0.25) is 0 Å². The van der Waals surface area contributed by atoms with Crippen LogP contribution in [0.4, 0.5) is 4.39 Å². The molecule has 0 aliphatic rings. The Kier molecular flexibility index (Phi) is 5.02. The molecule has 1 aromatic carbocycles. The number of phosphoric acid groups is 1. The molecule has 1 atom stereocenters. The van der Waals surface area contributed by atoms with Gasteiger partial charge in [-0.05, 0) is 17.7 Å². The number of hydrogen-bond acceptors (Lipinski definition) is 4. The number of hydrogen-bond donors (Lipinski definition) is 4. The van der Waals surface area contributed by atoms with Gasteiger partial charge in [0, 0.05) is 11.6 Å². The van der Waals surface area contributed by atoms with E-state index in [1.807, 2.05) is 0 Å². The third kappa shape index (κ3) is 4.96. The molecule has 1 unspecified atom stereocenters. The predicted octanol–water partition coefficient (Wildman–Crippen LogP) is 1.10. The van der Waals surface area contributed by atoms with E-state index in [1.165, 1.54) is 12.1 Å². The average Bonchev–Trinajstić information content (AvgIpc) is 2.26. The minimum atomic E-state index is -4.78. The summed E-state index contributed by atoms with van der Waals surface area (Å²) in [6, 6.07) is 2.86. The predicted molar refractivity (Wildman–Crippen MR) is 63.1 cm³/mol. The van der Waals surface area contributed by atoms with Gasteiger partial charge in [0.15, 0.2) is 0 Å². The van der Waals surface area contributed by atoms with Crippen LogP contribution in [0.15, 0.2) is 18.2 Å². The van der Waals surface area contributed by atoms with Crippen molar-refractivity contribution in [1.29, 1.82) is 0 Å². The largest absolute Gasteiger partial charge is 0.524 e. The molecule has 0 fully saturated rings. The summed E-state index contributed by atoms with van der Waals surface area (Å²) in [7, 11) is -4.78. The second kappa shape index (κ2) is 6.12. The first-order valence-corrected chi connectivity index (χ1v) is 6.67. The van der Waals surface area contributed by atoms with Crippen molar-refractivity contribution >= 4 is 13.8 Å². The van der Waals surface area contributed by atoms with Crippen LogP contribution in [0.1, 0.15) is 23.6 Å². The molecule has 0 aliphatic carbocycles. The van der Waals surface area contributed by atoms with E-state index in [2.05, 4.69) is 4.52 Å². The van der Waals surface area contributed by atoms with Gasteiger partial charge < -0.3 is 15.4 Å². The summed E-state index contributed by atoms with van der Waals surface area (Å²) in [4.78, 5) is 27.8. The minimum Gasteiger partial charge on any atom is -0.481 e. The molecular weight excluding hydrogens is 280 g/mol. The van der Waals surface area contributed by atoms with E-state index < -0.39 is 26.5 Å². The molecule has 7 nitrogen and oxygen atoms in total. The van der Waals surface area contributed by atoms with Crippen molar-refractivity contribution in [3.05, 3.63) is 29.3 Å². The Morgan fingerprint density at radius 1 is 1.47 bits per heavy atom. The molecule has 19 heavy (non-hydrogen) atoms. The maximum Gasteiger partial charge on any atom is 0.524 e. The Morgan fingerprint density at radius 3 is 2.58 bits per heavy atom. The number of carboxylic acid groups (broad SMARTS) is 1. The van der Waals surface area contributed by atoms with Crippen molar-refractivity contribution in [3.63, 3.8) is 0 Å². The van der Waals surface area contributed by atoms with E-state index in [0.717, 1.165) is 6.07 Å². The van der Waals surface area contributed by atoms with Crippen molar-refractivity contribution in [3.8, 4) is 5.75 Å². The van der Waals surface area contributed by atoms with Crippen molar-refractivity contribution in [2.24, 2.45) is 5.73 Å². The fourth-order valence-electron chi connectivity index (χ4n) is 1.46. The van der Waals surface area contributed by atoms with E-state index >= 15 is 0 Å². The second-order valence-electron chi connectivity index (χ2n) is 3.79. The number of rotatable bonds is 6. The van der Waals surface area contributed by atoms with E-state index in [4.69, 9.17) is 20.6 Å². The number of carboxylic acids is 1. The van der Waals surface area contributed by atoms with Gasteiger partial charge >= 0.3 is 13.8 Å². The van der Waals surface area contributed by atoms with Crippen molar-refractivity contribution < 1.29 is 33.2 Å². The molecule has 0 radical (unpaired) electrons. The summed E-state index contributed by atoms with van der Waals surface area (Å²) in [6.07, 6.45) is -0.343. The van der Waals surface area contributed by atoms with Crippen molar-refractivity contribution in [2.45, 2.75) is 19.1 Å². The normalized spacial score (nSPS) is 13.1. The van der Waals surface area contributed by atoms with E-state index in [0.29, 0.717) is 5.56 Å². The zero-order valence-electron chi connectivity index (χ0n) is 9.69. The van der Waals surface area contributed by atoms with Crippen LogP contribution in [-0.4, -0.2) is 20.9 Å². The number of aliphatic carboxylic acids is 1. The number of alkyl halides is 1. The number of nitrogens with two attached hydrogens (primary N) is 1. The fourth-order valence-corrected chi connectivity index (χ4v) is 1.89. The van der Waals surface area contributed by atoms with E-state index in [1.54, 1.807) is 0 Å². The van der Waals surface area contributed by atoms with Gasteiger partial charge in [-0.3, -0.25) is 14.6 Å². The van der Waals surface area contributed by atoms with Gasteiger partial charge in [0.05, 0.1) is 6.42 Å². The zero-order chi connectivity index (χ0) is 14.6. The lowest BCUT2D eigenvalue weighted by atomic mass is 10.0. The number of benzene rings is 1. The summed E-state index contributed by atoms with van der Waals surface area (Å²) in [5.74, 6) is -1.41. The van der Waals surface area contributed by atoms with E-state index in [9.17, 15) is 13.8 Å². The molecule has 0 spiro atoms. The summed E-state index contributed by atoms with van der Waals surface area (Å²) >= 11 is 0. The van der Waals surface area contributed by atoms with Crippen LogP contribution in [0, 0.1) is 0 Å². The molecule has 0 saturated carbocycles. The van der Waals surface area contributed by atoms with Gasteiger partial charge in [-0.25, -0.2) is 8.96 Å². The zero-order valence-corrected chi connectivity index (χ0v) is 10.6. The molecule has 5 N–H and O–H groups in total. The van der Waals surface area contributed by atoms with Gasteiger partial charge in [0.25, 0.3) is 0 Å². The molecule has 0 aliphatic heterocycles. The van der Waals surface area contributed by atoms with Gasteiger partial charge in [0.1, 0.15) is 12.4 Å². The first kappa shape index (κ1) is 15.6. The monoisotopic (exact) mass is 293 g/mol. The van der Waals surface area contributed by atoms with Crippen molar-refractivity contribution in [2.75, 3.05) is 0 Å². The molecule has 1 aromatic rings. The highest BCUT2D eigenvalue weighted by Gasteiger charge is 2.20. The molecule has 9 heteroatoms. The fraction of sp³-hybridized carbons (Fsp3) is 0.300. The van der Waals surface area contributed by atoms with Gasteiger partial charge in [-0.15, -0.1) is 0 Å². The Labute approximate surface area is 108 Å². The first-order chi connectivity index (χ1) is 8.73. The highest BCUT2D eigenvalue weighted by Crippen LogP contribution is 2.39. The first-order valence-electron chi connectivity index (χ1n) is 5.14. The third-order valence-electron chi connectivity index (χ3n) is 2.27. The standard InChI is InChI=1S/C10H13FNO6P/c11-5-7-3-6(8(12)4-10(13)14)1-2-9(7)18-19(15,16)17/h1-3,8H,4-5,12H2,(H,13,14)(H2,15,16,17). The molecule has 0 amide bonds. The van der Waals surface area contributed by atoms with Gasteiger partial charge in [-0.2, -0.15) is 0 Å². The molecule has 0 saturated heterocycles. The molecule has 1 rings (SSSR count). The topological polar surface area (TPSA) is 130 Å². The third-order valence-corrected chi connectivity index (χ3v) is 2.70. The Morgan fingerprint density at radius 2 is 2.11 bits per heavy atom. The van der Waals surface area contributed by atoms with Crippen LogP contribution >= 0.6 is 7.82 Å². The van der Waals surface area contributed by atoms with Gasteiger partial charge in [-0.1, -0.05) is 6.07 Å². The summed E-state index contributed by atoms with van der Waals surface area (Å²) in [5, 5.41) is 8.60. The van der Waals surface area contributed by atoms with Gasteiger partial charge in [0.2, 0.25) is 0 Å². The number of phosphoric ester groups is 1. The lowest BCUT2D eigenvalue weighted by Gasteiger charge is -2.14. The molecule has 0 aromatic heterocycles. The van der Waals surface area contributed by atoms with E-state index in [-0.39, 0.29) is 17.7 Å². The summed E-state index contributed by atoms with van der Waals surface area (Å²) < 4.78 is 27.8.